The van der Waals surface area contributed by atoms with Crippen LogP contribution in [0.1, 0.15) is 31.5 Å². The van der Waals surface area contributed by atoms with Crippen molar-refractivity contribution in [2.75, 3.05) is 6.54 Å². The summed E-state index contributed by atoms with van der Waals surface area (Å²) in [5.74, 6) is 0.843. The molecule has 0 unspecified atom stereocenters. The van der Waals surface area contributed by atoms with Crippen LogP contribution in [-0.2, 0) is 6.54 Å². The molecular weight excluding hydrogens is 232 g/mol. The molecule has 5 heteroatoms. The predicted octanol–water partition coefficient (Wildman–Crippen LogP) is 1.51. The van der Waals surface area contributed by atoms with Crippen molar-refractivity contribution in [2.24, 2.45) is 5.73 Å². The zero-order valence-corrected chi connectivity index (χ0v) is 10.7. The summed E-state index contributed by atoms with van der Waals surface area (Å²) in [5.41, 5.74) is 5.66. The minimum Gasteiger partial charge on any atom is -0.392 e. The molecule has 4 nitrogen and oxygen atoms in total. The Hall–Kier alpha value is -1.07. The second-order valence-corrected chi connectivity index (χ2v) is 5.00. The van der Waals surface area contributed by atoms with E-state index in [0.717, 1.165) is 12.4 Å². The number of hydrogen-bond donors (Lipinski definition) is 1. The van der Waals surface area contributed by atoms with Crippen molar-refractivity contribution in [2.45, 2.75) is 38.3 Å². The quantitative estimate of drug-likeness (QED) is 0.803. The van der Waals surface area contributed by atoms with E-state index in [1.165, 1.54) is 25.7 Å². The summed E-state index contributed by atoms with van der Waals surface area (Å²) < 4.78 is 0. The zero-order valence-electron chi connectivity index (χ0n) is 9.88. The van der Waals surface area contributed by atoms with E-state index in [1.54, 1.807) is 12.4 Å². The minimum atomic E-state index is 0.549. The lowest BCUT2D eigenvalue weighted by molar-refractivity contribution is 0.213. The molecule has 17 heavy (non-hydrogen) atoms. The molecule has 92 valence electrons. The Morgan fingerprint density at radius 2 is 2.00 bits per heavy atom. The molecule has 0 aromatic carbocycles. The maximum absolute atomic E-state index is 5.66. The van der Waals surface area contributed by atoms with Gasteiger partial charge >= 0.3 is 0 Å². The molecule has 0 bridgehead atoms. The molecule has 1 aromatic rings. The Kier molecular flexibility index (Phi) is 4.39. The van der Waals surface area contributed by atoms with Crippen molar-refractivity contribution in [1.29, 1.82) is 0 Å². The van der Waals surface area contributed by atoms with Gasteiger partial charge in [0.2, 0.25) is 0 Å². The summed E-state index contributed by atoms with van der Waals surface area (Å²) in [6.07, 6.45) is 8.61. The third-order valence-electron chi connectivity index (χ3n) is 3.16. The van der Waals surface area contributed by atoms with Gasteiger partial charge < -0.3 is 5.73 Å². The Labute approximate surface area is 107 Å². The van der Waals surface area contributed by atoms with E-state index in [4.69, 9.17) is 18.0 Å². The van der Waals surface area contributed by atoms with E-state index in [0.29, 0.717) is 17.6 Å². The highest BCUT2D eigenvalue weighted by Crippen LogP contribution is 2.24. The first kappa shape index (κ1) is 12.4. The lowest BCUT2D eigenvalue weighted by Crippen LogP contribution is -2.39. The van der Waals surface area contributed by atoms with Gasteiger partial charge in [0.25, 0.3) is 0 Å². The van der Waals surface area contributed by atoms with Crippen LogP contribution in [0.3, 0.4) is 0 Å². The van der Waals surface area contributed by atoms with Gasteiger partial charge in [-0.25, -0.2) is 9.97 Å². The first-order chi connectivity index (χ1) is 8.25. The van der Waals surface area contributed by atoms with Crippen molar-refractivity contribution >= 4 is 17.2 Å². The van der Waals surface area contributed by atoms with Gasteiger partial charge in [-0.1, -0.05) is 25.1 Å². The fraction of sp³-hybridized carbons (Fsp3) is 0.583. The zero-order chi connectivity index (χ0) is 12.1. The average molecular weight is 250 g/mol. The molecule has 2 rings (SSSR count). The number of hydrogen-bond acceptors (Lipinski definition) is 4. The van der Waals surface area contributed by atoms with Crippen LogP contribution in [0.15, 0.2) is 18.5 Å². The summed E-state index contributed by atoms with van der Waals surface area (Å²) in [7, 11) is 0. The largest absolute Gasteiger partial charge is 0.392 e. The number of nitrogens with zero attached hydrogens (tertiary/aromatic N) is 3. The second-order valence-electron chi connectivity index (χ2n) is 4.47. The Morgan fingerprint density at radius 1 is 1.35 bits per heavy atom. The molecule has 0 amide bonds. The highest BCUT2D eigenvalue weighted by atomic mass is 32.1. The number of aromatic nitrogens is 2. The van der Waals surface area contributed by atoms with Crippen LogP contribution in [0.4, 0.5) is 0 Å². The van der Waals surface area contributed by atoms with Crippen LogP contribution in [0.25, 0.3) is 0 Å². The minimum absolute atomic E-state index is 0.549. The van der Waals surface area contributed by atoms with E-state index < -0.39 is 0 Å². The van der Waals surface area contributed by atoms with Crippen LogP contribution in [0.5, 0.6) is 0 Å². The third kappa shape index (κ3) is 3.71. The van der Waals surface area contributed by atoms with E-state index in [-0.39, 0.29) is 0 Å². The molecule has 0 aliphatic heterocycles. The average Bonchev–Trinajstić information content (AvgIpc) is 2.82. The van der Waals surface area contributed by atoms with Gasteiger partial charge in [0, 0.05) is 25.0 Å². The molecule has 1 aliphatic carbocycles. The molecule has 0 saturated heterocycles. The van der Waals surface area contributed by atoms with Gasteiger partial charge in [0.1, 0.15) is 5.82 Å². The lowest BCUT2D eigenvalue weighted by Gasteiger charge is -2.27. The van der Waals surface area contributed by atoms with Gasteiger partial charge in [0.05, 0.1) is 11.5 Å². The summed E-state index contributed by atoms with van der Waals surface area (Å²) >= 11 is 5.02. The van der Waals surface area contributed by atoms with E-state index >= 15 is 0 Å². The van der Waals surface area contributed by atoms with Gasteiger partial charge in [-0.3, -0.25) is 4.90 Å². The summed E-state index contributed by atoms with van der Waals surface area (Å²) in [6, 6.07) is 2.41. The summed E-state index contributed by atoms with van der Waals surface area (Å²) in [4.78, 5) is 11.4. The molecule has 1 fully saturated rings. The Balaban J connectivity index is 2.02. The van der Waals surface area contributed by atoms with Gasteiger partial charge in [-0.15, -0.1) is 0 Å². The van der Waals surface area contributed by atoms with Crippen LogP contribution in [0, 0.1) is 0 Å². The number of rotatable bonds is 5. The molecule has 0 atom stereocenters. The first-order valence-corrected chi connectivity index (χ1v) is 6.45. The Bertz CT molecular complexity index is 362. The topological polar surface area (TPSA) is 55.0 Å². The van der Waals surface area contributed by atoms with Crippen LogP contribution < -0.4 is 5.73 Å². The molecule has 2 N–H and O–H groups in total. The summed E-state index contributed by atoms with van der Waals surface area (Å²) in [5, 5.41) is 0. The fourth-order valence-electron chi connectivity index (χ4n) is 2.38. The maximum atomic E-state index is 5.66. The van der Waals surface area contributed by atoms with E-state index in [1.807, 2.05) is 6.07 Å². The SMILES string of the molecule is NC(=S)CN(Cc1ncccn1)C1CCCC1. The van der Waals surface area contributed by atoms with Crippen molar-refractivity contribution in [3.05, 3.63) is 24.3 Å². The highest BCUT2D eigenvalue weighted by Gasteiger charge is 2.23. The second kappa shape index (κ2) is 6.02. The van der Waals surface area contributed by atoms with Crippen molar-refractivity contribution in [3.63, 3.8) is 0 Å². The normalized spacial score (nSPS) is 16.5. The van der Waals surface area contributed by atoms with Gasteiger partial charge in [-0.2, -0.15) is 0 Å². The van der Waals surface area contributed by atoms with Crippen LogP contribution in [-0.4, -0.2) is 32.4 Å². The Morgan fingerprint density at radius 3 is 2.59 bits per heavy atom. The van der Waals surface area contributed by atoms with Gasteiger partial charge in [0.15, 0.2) is 0 Å². The molecule has 0 radical (unpaired) electrons. The first-order valence-electron chi connectivity index (χ1n) is 6.04. The smallest absolute Gasteiger partial charge is 0.142 e. The third-order valence-corrected chi connectivity index (χ3v) is 3.29. The lowest BCUT2D eigenvalue weighted by atomic mass is 10.2. The van der Waals surface area contributed by atoms with Crippen LogP contribution >= 0.6 is 12.2 Å². The van der Waals surface area contributed by atoms with E-state index in [9.17, 15) is 0 Å². The highest BCUT2D eigenvalue weighted by molar-refractivity contribution is 7.80. The predicted molar refractivity (Wildman–Crippen MR) is 71.5 cm³/mol. The van der Waals surface area contributed by atoms with Crippen LogP contribution in [0.2, 0.25) is 0 Å². The fourth-order valence-corrected chi connectivity index (χ4v) is 2.54. The summed E-state index contributed by atoms with van der Waals surface area (Å²) in [6.45, 7) is 1.40. The van der Waals surface area contributed by atoms with Crippen molar-refractivity contribution < 1.29 is 0 Å². The molecule has 1 saturated carbocycles. The molecule has 0 spiro atoms. The monoisotopic (exact) mass is 250 g/mol. The van der Waals surface area contributed by atoms with E-state index in [2.05, 4.69) is 14.9 Å². The number of thiocarbonyl (C=S) groups is 1. The molecular formula is C12H18N4S. The molecule has 1 aromatic heterocycles. The van der Waals surface area contributed by atoms with Gasteiger partial charge in [-0.05, 0) is 18.9 Å². The van der Waals surface area contributed by atoms with Crippen molar-refractivity contribution in [3.8, 4) is 0 Å². The standard InChI is InChI=1S/C12H18N4S/c13-11(17)8-16(10-4-1-2-5-10)9-12-14-6-3-7-15-12/h3,6-7,10H,1-2,4-5,8-9H2,(H2,13,17). The maximum Gasteiger partial charge on any atom is 0.142 e. The number of nitrogens with two attached hydrogens (primary N) is 1. The van der Waals surface area contributed by atoms with Crippen molar-refractivity contribution in [1.82, 2.24) is 14.9 Å². The molecule has 1 heterocycles. The molecule has 1 aliphatic rings.